The zero-order valence-corrected chi connectivity index (χ0v) is 12.7. The van der Waals surface area contributed by atoms with Gasteiger partial charge in [-0.05, 0) is 12.1 Å². The molecule has 0 saturated heterocycles. The van der Waals surface area contributed by atoms with Crippen molar-refractivity contribution in [2.24, 2.45) is 0 Å². The number of carbonyl (C=O) groups excluding carboxylic acids is 1. The van der Waals surface area contributed by atoms with Crippen LogP contribution in [0.1, 0.15) is 16.1 Å². The van der Waals surface area contributed by atoms with E-state index in [-0.39, 0.29) is 27.8 Å². The van der Waals surface area contributed by atoms with E-state index in [1.807, 2.05) is 5.38 Å². The maximum atomic E-state index is 11.8. The highest BCUT2D eigenvalue weighted by atomic mass is 35.5. The number of halogens is 2. The summed E-state index contributed by atoms with van der Waals surface area (Å²) < 4.78 is 0. The first-order valence-corrected chi connectivity index (χ1v) is 7.31. The van der Waals surface area contributed by atoms with Crippen molar-refractivity contribution in [2.45, 2.75) is 6.54 Å². The number of carbonyl (C=O) groups is 2. The molecule has 9 heteroatoms. The monoisotopic (exact) mass is 345 g/mol. The smallest absolute Gasteiger partial charge is 0.335 e. The summed E-state index contributed by atoms with van der Waals surface area (Å²) in [5, 5.41) is 15.8. The molecule has 0 aliphatic carbocycles. The molecule has 0 fully saturated rings. The first-order chi connectivity index (χ1) is 9.97. The minimum Gasteiger partial charge on any atom is -0.478 e. The summed E-state index contributed by atoms with van der Waals surface area (Å²) in [5.41, 5.74) is 2.49. The standard InChI is InChI=1S/C12H9Cl2N3O3S/c13-8-1-6(11(18)19)2-9(14)10(8)17-12(20)15-3-7-4-21-5-16-7/h1-2,4-5H,3H2,(H,18,19)(H2,15,17,20). The molecular weight excluding hydrogens is 337 g/mol. The molecule has 1 aromatic heterocycles. The predicted molar refractivity (Wildman–Crippen MR) is 81.4 cm³/mol. The first-order valence-electron chi connectivity index (χ1n) is 5.61. The van der Waals surface area contributed by atoms with E-state index in [9.17, 15) is 9.59 Å². The number of hydrogen-bond donors (Lipinski definition) is 3. The van der Waals surface area contributed by atoms with Crippen LogP contribution in [-0.4, -0.2) is 22.1 Å². The average Bonchev–Trinajstić information content (AvgIpc) is 2.93. The number of nitrogens with zero attached hydrogens (tertiary/aromatic N) is 1. The lowest BCUT2D eigenvalue weighted by molar-refractivity contribution is 0.0697. The molecule has 0 atom stereocenters. The lowest BCUT2D eigenvalue weighted by atomic mass is 10.2. The van der Waals surface area contributed by atoms with Gasteiger partial charge in [-0.2, -0.15) is 0 Å². The van der Waals surface area contributed by atoms with E-state index in [1.165, 1.54) is 23.5 Å². The van der Waals surface area contributed by atoms with Crippen LogP contribution in [0, 0.1) is 0 Å². The Morgan fingerprint density at radius 1 is 1.29 bits per heavy atom. The number of anilines is 1. The lowest BCUT2D eigenvalue weighted by Crippen LogP contribution is -2.28. The van der Waals surface area contributed by atoms with Gasteiger partial charge in [-0.25, -0.2) is 14.6 Å². The van der Waals surface area contributed by atoms with E-state index in [0.717, 1.165) is 5.69 Å². The maximum Gasteiger partial charge on any atom is 0.335 e. The number of carboxylic acid groups (broad SMARTS) is 1. The first kappa shape index (κ1) is 15.6. The minimum atomic E-state index is -1.15. The van der Waals surface area contributed by atoms with E-state index in [4.69, 9.17) is 28.3 Å². The lowest BCUT2D eigenvalue weighted by Gasteiger charge is -2.11. The number of nitrogens with one attached hydrogen (secondary N) is 2. The van der Waals surface area contributed by atoms with Gasteiger partial charge in [0.05, 0.1) is 39.0 Å². The van der Waals surface area contributed by atoms with Crippen molar-refractivity contribution >= 4 is 52.2 Å². The third-order valence-electron chi connectivity index (χ3n) is 2.44. The Bertz CT molecular complexity index is 653. The number of rotatable bonds is 4. The topological polar surface area (TPSA) is 91.3 Å². The van der Waals surface area contributed by atoms with Gasteiger partial charge in [0, 0.05) is 5.38 Å². The van der Waals surface area contributed by atoms with Crippen molar-refractivity contribution in [2.75, 3.05) is 5.32 Å². The Balaban J connectivity index is 2.05. The van der Waals surface area contributed by atoms with Gasteiger partial charge in [0.15, 0.2) is 0 Å². The number of thiazole rings is 1. The third-order valence-corrected chi connectivity index (χ3v) is 3.67. The molecule has 0 saturated carbocycles. The van der Waals surface area contributed by atoms with Gasteiger partial charge >= 0.3 is 12.0 Å². The number of amides is 2. The Kier molecular flexibility index (Phi) is 5.00. The van der Waals surface area contributed by atoms with E-state index >= 15 is 0 Å². The van der Waals surface area contributed by atoms with Crippen LogP contribution in [0.4, 0.5) is 10.5 Å². The maximum absolute atomic E-state index is 11.8. The van der Waals surface area contributed by atoms with Gasteiger partial charge in [0.1, 0.15) is 0 Å². The largest absolute Gasteiger partial charge is 0.478 e. The molecule has 2 amide bonds. The van der Waals surface area contributed by atoms with E-state index in [2.05, 4.69) is 15.6 Å². The third kappa shape index (κ3) is 4.07. The van der Waals surface area contributed by atoms with Crippen LogP contribution in [0.25, 0.3) is 0 Å². The van der Waals surface area contributed by atoms with Crippen molar-refractivity contribution in [3.05, 3.63) is 44.3 Å². The summed E-state index contributed by atoms with van der Waals surface area (Å²) >= 11 is 13.3. The van der Waals surface area contributed by atoms with Gasteiger partial charge in [0.2, 0.25) is 0 Å². The summed E-state index contributed by atoms with van der Waals surface area (Å²) in [4.78, 5) is 26.6. The van der Waals surface area contributed by atoms with Crippen LogP contribution in [0.5, 0.6) is 0 Å². The van der Waals surface area contributed by atoms with Gasteiger partial charge < -0.3 is 15.7 Å². The average molecular weight is 346 g/mol. The number of carboxylic acids is 1. The fourth-order valence-corrected chi connectivity index (χ4v) is 2.61. The second kappa shape index (κ2) is 6.75. The summed E-state index contributed by atoms with van der Waals surface area (Å²) in [5.74, 6) is -1.15. The molecule has 0 aliphatic heterocycles. The Morgan fingerprint density at radius 2 is 1.95 bits per heavy atom. The van der Waals surface area contributed by atoms with Crippen molar-refractivity contribution in [1.82, 2.24) is 10.3 Å². The normalized spacial score (nSPS) is 10.2. The second-order valence-electron chi connectivity index (χ2n) is 3.91. The number of benzene rings is 1. The Labute approximate surface area is 133 Å². The van der Waals surface area contributed by atoms with Crippen molar-refractivity contribution < 1.29 is 14.7 Å². The number of aromatic carboxylic acids is 1. The fourth-order valence-electron chi connectivity index (χ4n) is 1.47. The van der Waals surface area contributed by atoms with E-state index in [1.54, 1.807) is 5.51 Å². The molecule has 0 aliphatic rings. The molecule has 2 aromatic rings. The molecule has 1 heterocycles. The molecular formula is C12H9Cl2N3O3S. The summed E-state index contributed by atoms with van der Waals surface area (Å²) in [7, 11) is 0. The molecule has 110 valence electrons. The number of hydrogen-bond acceptors (Lipinski definition) is 4. The predicted octanol–water partition coefficient (Wildman–Crippen LogP) is 3.47. The molecule has 0 spiro atoms. The Hall–Kier alpha value is -1.83. The summed E-state index contributed by atoms with van der Waals surface area (Å²) in [6.07, 6.45) is 0. The van der Waals surface area contributed by atoms with Gasteiger partial charge in [0.25, 0.3) is 0 Å². The zero-order chi connectivity index (χ0) is 15.4. The quantitative estimate of drug-likeness (QED) is 0.791. The van der Waals surface area contributed by atoms with Crippen LogP contribution in [0.15, 0.2) is 23.0 Å². The second-order valence-corrected chi connectivity index (χ2v) is 5.44. The zero-order valence-electron chi connectivity index (χ0n) is 10.4. The van der Waals surface area contributed by atoms with E-state index in [0.29, 0.717) is 0 Å². The number of aromatic nitrogens is 1. The molecule has 0 bridgehead atoms. The van der Waals surface area contributed by atoms with E-state index < -0.39 is 12.0 Å². The SMILES string of the molecule is O=C(NCc1cscn1)Nc1c(Cl)cc(C(=O)O)cc1Cl. The van der Waals surface area contributed by atoms with Crippen LogP contribution >= 0.6 is 34.5 Å². The summed E-state index contributed by atoms with van der Waals surface area (Å²) in [6, 6.07) is 1.91. The molecule has 3 N–H and O–H groups in total. The van der Waals surface area contributed by atoms with Crippen LogP contribution in [0.3, 0.4) is 0 Å². The highest BCUT2D eigenvalue weighted by molar-refractivity contribution is 7.07. The van der Waals surface area contributed by atoms with Crippen molar-refractivity contribution in [3.8, 4) is 0 Å². The molecule has 2 rings (SSSR count). The van der Waals surface area contributed by atoms with Crippen molar-refractivity contribution in [3.63, 3.8) is 0 Å². The molecule has 0 radical (unpaired) electrons. The van der Waals surface area contributed by atoms with Gasteiger partial charge in [-0.3, -0.25) is 0 Å². The van der Waals surface area contributed by atoms with Crippen molar-refractivity contribution in [1.29, 1.82) is 0 Å². The van der Waals surface area contributed by atoms with Gasteiger partial charge in [-0.1, -0.05) is 23.2 Å². The van der Waals surface area contributed by atoms with Crippen LogP contribution in [0.2, 0.25) is 10.0 Å². The van der Waals surface area contributed by atoms with Crippen LogP contribution in [-0.2, 0) is 6.54 Å². The number of urea groups is 1. The summed E-state index contributed by atoms with van der Waals surface area (Å²) in [6.45, 7) is 0.262. The molecule has 21 heavy (non-hydrogen) atoms. The van der Waals surface area contributed by atoms with Gasteiger partial charge in [-0.15, -0.1) is 11.3 Å². The molecule has 6 nitrogen and oxygen atoms in total. The highest BCUT2D eigenvalue weighted by Gasteiger charge is 2.14. The molecule has 1 aromatic carbocycles. The van der Waals surface area contributed by atoms with Crippen LogP contribution < -0.4 is 10.6 Å². The fraction of sp³-hybridized carbons (Fsp3) is 0.0833. The minimum absolute atomic E-state index is 0.0451. The Morgan fingerprint density at radius 3 is 2.48 bits per heavy atom. The highest BCUT2D eigenvalue weighted by Crippen LogP contribution is 2.31. The molecule has 0 unspecified atom stereocenters.